The lowest BCUT2D eigenvalue weighted by molar-refractivity contribution is 0.0229. The zero-order valence-corrected chi connectivity index (χ0v) is 13.5. The van der Waals surface area contributed by atoms with Crippen LogP contribution in [0.15, 0.2) is 53.1 Å². The van der Waals surface area contributed by atoms with Gasteiger partial charge in [-0.15, -0.1) is 0 Å². The molecule has 0 aliphatic heterocycles. The molecule has 0 saturated heterocycles. The van der Waals surface area contributed by atoms with Crippen LogP contribution >= 0.6 is 0 Å². The number of amides is 1. The minimum absolute atomic E-state index is 0.0124. The van der Waals surface area contributed by atoms with Crippen molar-refractivity contribution >= 4 is 11.9 Å². The van der Waals surface area contributed by atoms with Crippen LogP contribution in [0.1, 0.15) is 26.5 Å². The molecule has 0 aliphatic rings. The molecule has 1 N–H and O–H groups in total. The van der Waals surface area contributed by atoms with Gasteiger partial charge in [-0.1, -0.05) is 29.4 Å². The minimum Gasteiger partial charge on any atom is -0.360 e. The number of halogens is 2. The first-order valence-corrected chi connectivity index (χ1v) is 7.46. The maximum absolute atomic E-state index is 14.0. The van der Waals surface area contributed by atoms with Crippen molar-refractivity contribution in [1.29, 1.82) is 0 Å². The number of aryl methyl sites for hydroxylation is 1. The number of hydroxylamine groups is 1. The van der Waals surface area contributed by atoms with Crippen LogP contribution in [0.2, 0.25) is 0 Å². The van der Waals surface area contributed by atoms with Crippen molar-refractivity contribution in [2.45, 2.75) is 6.92 Å². The molecule has 1 amide bonds. The van der Waals surface area contributed by atoms with Gasteiger partial charge >= 0.3 is 5.97 Å². The predicted molar refractivity (Wildman–Crippen MR) is 85.9 cm³/mol. The molecule has 3 aromatic rings. The summed E-state index contributed by atoms with van der Waals surface area (Å²) in [6.45, 7) is 1.38. The lowest BCUT2D eigenvalue weighted by Gasteiger charge is -2.07. The highest BCUT2D eigenvalue weighted by molar-refractivity contribution is 5.99. The summed E-state index contributed by atoms with van der Waals surface area (Å²) in [5.41, 5.74) is 1.08. The van der Waals surface area contributed by atoms with E-state index in [1.165, 1.54) is 25.1 Å². The van der Waals surface area contributed by atoms with E-state index in [-0.39, 0.29) is 22.6 Å². The minimum atomic E-state index is -1.06. The normalized spacial score (nSPS) is 10.4. The molecule has 0 radical (unpaired) electrons. The average molecular weight is 358 g/mol. The van der Waals surface area contributed by atoms with E-state index in [2.05, 4.69) is 5.16 Å². The van der Waals surface area contributed by atoms with Gasteiger partial charge in [0, 0.05) is 5.56 Å². The van der Waals surface area contributed by atoms with Gasteiger partial charge in [-0.25, -0.2) is 13.6 Å². The number of hydrogen-bond acceptors (Lipinski definition) is 5. The van der Waals surface area contributed by atoms with Crippen LogP contribution in [0.3, 0.4) is 0 Å². The predicted octanol–water partition coefficient (Wildman–Crippen LogP) is 3.43. The first-order chi connectivity index (χ1) is 12.5. The van der Waals surface area contributed by atoms with Gasteiger partial charge in [-0.2, -0.15) is 5.48 Å². The van der Waals surface area contributed by atoms with Crippen molar-refractivity contribution in [2.24, 2.45) is 0 Å². The number of nitrogens with one attached hydrogen (secondary N) is 1. The van der Waals surface area contributed by atoms with Crippen molar-refractivity contribution in [3.05, 3.63) is 77.1 Å². The maximum atomic E-state index is 14.0. The summed E-state index contributed by atoms with van der Waals surface area (Å²) in [6.07, 6.45) is 0. The fourth-order valence-corrected chi connectivity index (χ4v) is 2.30. The van der Waals surface area contributed by atoms with E-state index < -0.39 is 29.1 Å². The second-order valence-corrected chi connectivity index (χ2v) is 5.25. The second kappa shape index (κ2) is 7.14. The number of rotatable bonds is 3. The van der Waals surface area contributed by atoms with Crippen LogP contribution in [0.4, 0.5) is 8.78 Å². The Kier molecular flexibility index (Phi) is 4.74. The fourth-order valence-electron chi connectivity index (χ4n) is 2.30. The Labute approximate surface area is 146 Å². The fraction of sp³-hybridized carbons (Fsp3) is 0.0556. The van der Waals surface area contributed by atoms with Gasteiger partial charge < -0.3 is 9.36 Å². The first kappa shape index (κ1) is 17.3. The summed E-state index contributed by atoms with van der Waals surface area (Å²) >= 11 is 0. The Bertz CT molecular complexity index is 950. The first-order valence-electron chi connectivity index (χ1n) is 7.46. The van der Waals surface area contributed by atoms with E-state index in [0.29, 0.717) is 0 Å². The Hall–Kier alpha value is -3.55. The van der Waals surface area contributed by atoms with Crippen LogP contribution in [0.25, 0.3) is 11.3 Å². The van der Waals surface area contributed by atoms with Crippen LogP contribution < -0.4 is 5.48 Å². The molecule has 132 valence electrons. The third kappa shape index (κ3) is 3.30. The highest BCUT2D eigenvalue weighted by Gasteiger charge is 2.27. The van der Waals surface area contributed by atoms with Crippen LogP contribution in [0, 0.1) is 18.6 Å². The molecule has 3 rings (SSSR count). The molecule has 0 unspecified atom stereocenters. The van der Waals surface area contributed by atoms with E-state index >= 15 is 0 Å². The summed E-state index contributed by atoms with van der Waals surface area (Å²) in [5, 5.41) is 3.55. The van der Waals surface area contributed by atoms with Gasteiger partial charge in [0.15, 0.2) is 0 Å². The van der Waals surface area contributed by atoms with Gasteiger partial charge in [-0.05, 0) is 31.2 Å². The Morgan fingerprint density at radius 3 is 2.35 bits per heavy atom. The molecule has 1 aromatic heterocycles. The molecule has 0 spiro atoms. The Morgan fingerprint density at radius 1 is 1.04 bits per heavy atom. The Morgan fingerprint density at radius 2 is 1.69 bits per heavy atom. The molecular weight excluding hydrogens is 346 g/mol. The van der Waals surface area contributed by atoms with Crippen LogP contribution in [-0.2, 0) is 4.84 Å². The maximum Gasteiger partial charge on any atom is 0.368 e. The number of nitrogens with zero attached hydrogens (tertiary/aromatic N) is 1. The van der Waals surface area contributed by atoms with E-state index in [1.54, 1.807) is 18.2 Å². The van der Waals surface area contributed by atoms with Gasteiger partial charge in [-0.3, -0.25) is 4.79 Å². The number of aromatic nitrogens is 1. The van der Waals surface area contributed by atoms with E-state index in [9.17, 15) is 18.4 Å². The van der Waals surface area contributed by atoms with Crippen molar-refractivity contribution in [1.82, 2.24) is 10.6 Å². The lowest BCUT2D eigenvalue weighted by Crippen LogP contribution is -2.27. The SMILES string of the molecule is Cc1onc(-c2c(F)cccc2F)c1C(=O)ONC(=O)c1ccccc1. The number of carbonyl (C=O) groups excluding carboxylic acids is 2. The summed E-state index contributed by atoms with van der Waals surface area (Å²) in [4.78, 5) is 29.0. The standard InChI is InChI=1S/C18H12F2N2O4/c1-10-14(16(21-25-10)15-12(19)8-5-9-13(15)20)18(24)26-22-17(23)11-6-3-2-4-7-11/h2-9H,1H3,(H,22,23). The zero-order chi connectivity index (χ0) is 18.7. The Balaban J connectivity index is 1.85. The third-order valence-corrected chi connectivity index (χ3v) is 3.54. The molecule has 6 nitrogen and oxygen atoms in total. The molecule has 0 bridgehead atoms. The molecule has 8 heteroatoms. The number of hydrogen-bond donors (Lipinski definition) is 1. The topological polar surface area (TPSA) is 81.4 Å². The van der Waals surface area contributed by atoms with Gasteiger partial charge in [0.05, 0.1) is 5.56 Å². The van der Waals surface area contributed by atoms with Crippen LogP contribution in [-0.4, -0.2) is 17.0 Å². The highest BCUT2D eigenvalue weighted by Crippen LogP contribution is 2.30. The average Bonchev–Trinajstić information content (AvgIpc) is 3.01. The monoisotopic (exact) mass is 358 g/mol. The van der Waals surface area contributed by atoms with Crippen molar-refractivity contribution < 1.29 is 27.7 Å². The third-order valence-electron chi connectivity index (χ3n) is 3.54. The molecule has 26 heavy (non-hydrogen) atoms. The highest BCUT2D eigenvalue weighted by atomic mass is 19.1. The lowest BCUT2D eigenvalue weighted by atomic mass is 10.1. The molecule has 0 aliphatic carbocycles. The summed E-state index contributed by atoms with van der Waals surface area (Å²) in [5.74, 6) is -3.57. The van der Waals surface area contributed by atoms with Crippen molar-refractivity contribution in [3.63, 3.8) is 0 Å². The zero-order valence-electron chi connectivity index (χ0n) is 13.5. The van der Waals surface area contributed by atoms with E-state index in [4.69, 9.17) is 9.36 Å². The van der Waals surface area contributed by atoms with Crippen LogP contribution in [0.5, 0.6) is 0 Å². The quantitative estimate of drug-likeness (QED) is 0.726. The van der Waals surface area contributed by atoms with Crippen molar-refractivity contribution in [3.8, 4) is 11.3 Å². The second-order valence-electron chi connectivity index (χ2n) is 5.25. The summed E-state index contributed by atoms with van der Waals surface area (Å²) in [6, 6.07) is 11.3. The smallest absolute Gasteiger partial charge is 0.360 e. The largest absolute Gasteiger partial charge is 0.368 e. The van der Waals surface area contributed by atoms with E-state index in [1.807, 2.05) is 5.48 Å². The molecule has 0 saturated carbocycles. The molecule has 1 heterocycles. The van der Waals surface area contributed by atoms with Gasteiger partial charge in [0.1, 0.15) is 28.7 Å². The molecular formula is C18H12F2N2O4. The molecule has 0 fully saturated rings. The van der Waals surface area contributed by atoms with Gasteiger partial charge in [0.25, 0.3) is 5.91 Å². The number of benzene rings is 2. The summed E-state index contributed by atoms with van der Waals surface area (Å²) < 4.78 is 32.8. The summed E-state index contributed by atoms with van der Waals surface area (Å²) in [7, 11) is 0. The number of carbonyl (C=O) groups is 2. The van der Waals surface area contributed by atoms with Gasteiger partial charge in [0.2, 0.25) is 0 Å². The molecule has 2 aromatic carbocycles. The van der Waals surface area contributed by atoms with Crippen molar-refractivity contribution in [2.75, 3.05) is 0 Å². The molecule has 0 atom stereocenters. The van der Waals surface area contributed by atoms with E-state index in [0.717, 1.165) is 12.1 Å².